The van der Waals surface area contributed by atoms with Crippen LogP contribution in [0.3, 0.4) is 0 Å². The maximum absolute atomic E-state index is 12.8. The Morgan fingerprint density at radius 3 is 1.59 bits per heavy atom. The summed E-state index contributed by atoms with van der Waals surface area (Å²) in [6.45, 7) is 7.49. The highest BCUT2D eigenvalue weighted by molar-refractivity contribution is 5.94. The fourth-order valence-electron chi connectivity index (χ4n) is 4.35. The molecule has 10 heteroatoms. The Bertz CT molecular complexity index is 743. The van der Waals surface area contributed by atoms with Gasteiger partial charge in [-0.15, -0.1) is 0 Å². The van der Waals surface area contributed by atoms with Gasteiger partial charge in [-0.25, -0.2) is 4.79 Å². The lowest BCUT2D eigenvalue weighted by Crippen LogP contribution is -2.55. The molecule has 3 atom stereocenters. The molecule has 0 fully saturated rings. The first-order chi connectivity index (χ1) is 18.5. The van der Waals surface area contributed by atoms with Crippen molar-refractivity contribution in [2.24, 2.45) is 11.7 Å². The molecule has 0 aromatic heterocycles. The zero-order chi connectivity index (χ0) is 29.6. The molecule has 10 nitrogen and oxygen atoms in total. The Hall–Kier alpha value is -2.65. The fourth-order valence-corrected chi connectivity index (χ4v) is 4.35. The van der Waals surface area contributed by atoms with Gasteiger partial charge in [0, 0.05) is 6.42 Å². The van der Waals surface area contributed by atoms with Crippen LogP contribution in [0.1, 0.15) is 130 Å². The number of nitrogens with two attached hydrogens (primary N) is 1. The highest BCUT2D eigenvalue weighted by Gasteiger charge is 2.28. The van der Waals surface area contributed by atoms with E-state index in [1.165, 1.54) is 71.1 Å². The SMILES string of the molecule is CCCCCCCCCCCCCCCC(=O)NC(CC(C)C)C(=O)NC(C)C(=O)NC(CC(N)=O)C(=O)O. The molecule has 0 bridgehead atoms. The van der Waals surface area contributed by atoms with E-state index in [0.717, 1.165) is 19.3 Å². The van der Waals surface area contributed by atoms with Crippen molar-refractivity contribution in [3.05, 3.63) is 0 Å². The van der Waals surface area contributed by atoms with Gasteiger partial charge >= 0.3 is 5.97 Å². The van der Waals surface area contributed by atoms with Gasteiger partial charge in [0.25, 0.3) is 0 Å². The molecule has 0 aromatic carbocycles. The van der Waals surface area contributed by atoms with Gasteiger partial charge in [-0.1, -0.05) is 97.8 Å². The predicted octanol–water partition coefficient (Wildman–Crippen LogP) is 3.95. The average molecular weight is 555 g/mol. The van der Waals surface area contributed by atoms with E-state index in [4.69, 9.17) is 10.8 Å². The van der Waals surface area contributed by atoms with E-state index in [2.05, 4.69) is 22.9 Å². The van der Waals surface area contributed by atoms with E-state index in [1.807, 2.05) is 13.8 Å². The van der Waals surface area contributed by atoms with Crippen LogP contribution in [-0.4, -0.2) is 52.8 Å². The summed E-state index contributed by atoms with van der Waals surface area (Å²) in [5.41, 5.74) is 5.03. The van der Waals surface area contributed by atoms with E-state index in [0.29, 0.717) is 12.8 Å². The number of unbranched alkanes of at least 4 members (excludes halogenated alkanes) is 12. The second-order valence-corrected chi connectivity index (χ2v) is 11.0. The lowest BCUT2D eigenvalue weighted by molar-refractivity contribution is -0.143. The minimum absolute atomic E-state index is 0.119. The van der Waals surface area contributed by atoms with Gasteiger partial charge in [0.1, 0.15) is 18.1 Å². The van der Waals surface area contributed by atoms with Gasteiger partial charge in [0.2, 0.25) is 23.6 Å². The van der Waals surface area contributed by atoms with Crippen LogP contribution < -0.4 is 21.7 Å². The van der Waals surface area contributed by atoms with Crippen LogP contribution in [0.5, 0.6) is 0 Å². The minimum Gasteiger partial charge on any atom is -0.480 e. The maximum atomic E-state index is 12.8. The Morgan fingerprint density at radius 1 is 0.667 bits per heavy atom. The van der Waals surface area contributed by atoms with Crippen LogP contribution in [0, 0.1) is 5.92 Å². The number of carbonyl (C=O) groups is 5. The quantitative estimate of drug-likeness (QED) is 0.113. The topological polar surface area (TPSA) is 168 Å². The van der Waals surface area contributed by atoms with Gasteiger partial charge in [0.15, 0.2) is 0 Å². The molecule has 226 valence electrons. The predicted molar refractivity (Wildman–Crippen MR) is 153 cm³/mol. The lowest BCUT2D eigenvalue weighted by atomic mass is 10.0. The smallest absolute Gasteiger partial charge is 0.326 e. The summed E-state index contributed by atoms with van der Waals surface area (Å²) < 4.78 is 0. The second kappa shape index (κ2) is 22.2. The third kappa shape index (κ3) is 20.0. The molecule has 0 aromatic rings. The van der Waals surface area contributed by atoms with Gasteiger partial charge in [-0.05, 0) is 25.7 Å². The van der Waals surface area contributed by atoms with Gasteiger partial charge in [-0.2, -0.15) is 0 Å². The summed E-state index contributed by atoms with van der Waals surface area (Å²) >= 11 is 0. The molecule has 0 radical (unpaired) electrons. The minimum atomic E-state index is -1.49. The molecule has 0 spiro atoms. The fraction of sp³-hybridized carbons (Fsp3) is 0.828. The summed E-state index contributed by atoms with van der Waals surface area (Å²) in [5, 5.41) is 16.7. The number of carboxylic acid groups (broad SMARTS) is 1. The van der Waals surface area contributed by atoms with Gasteiger partial charge in [0.05, 0.1) is 6.42 Å². The number of nitrogens with one attached hydrogen (secondary N) is 3. The zero-order valence-corrected chi connectivity index (χ0v) is 24.7. The third-order valence-electron chi connectivity index (χ3n) is 6.64. The first kappa shape index (κ1) is 36.4. The number of carboxylic acids is 1. The van der Waals surface area contributed by atoms with Crippen molar-refractivity contribution in [1.82, 2.24) is 16.0 Å². The normalized spacial score (nSPS) is 13.4. The van der Waals surface area contributed by atoms with Crippen molar-refractivity contribution in [1.29, 1.82) is 0 Å². The Labute approximate surface area is 235 Å². The summed E-state index contributed by atoms with van der Waals surface area (Å²) in [4.78, 5) is 60.0. The van der Waals surface area contributed by atoms with E-state index >= 15 is 0 Å². The van der Waals surface area contributed by atoms with Crippen molar-refractivity contribution < 1.29 is 29.1 Å². The molecule has 0 saturated heterocycles. The van der Waals surface area contributed by atoms with Crippen LogP contribution in [0.15, 0.2) is 0 Å². The molecule has 0 aliphatic rings. The summed E-state index contributed by atoms with van der Waals surface area (Å²) in [6, 6.07) is -3.36. The summed E-state index contributed by atoms with van der Waals surface area (Å²) in [5.74, 6) is -3.65. The van der Waals surface area contributed by atoms with Crippen LogP contribution >= 0.6 is 0 Å². The molecule has 4 amide bonds. The zero-order valence-electron chi connectivity index (χ0n) is 24.7. The first-order valence-corrected chi connectivity index (χ1v) is 14.9. The summed E-state index contributed by atoms with van der Waals surface area (Å²) in [6.07, 6.45) is 16.0. The van der Waals surface area contributed by atoms with Gasteiger partial charge < -0.3 is 26.8 Å². The number of aliphatic carboxylic acids is 1. The second-order valence-electron chi connectivity index (χ2n) is 11.0. The van der Waals surface area contributed by atoms with E-state index in [-0.39, 0.29) is 11.8 Å². The Balaban J connectivity index is 4.36. The van der Waals surface area contributed by atoms with Gasteiger partial charge in [-0.3, -0.25) is 19.2 Å². The van der Waals surface area contributed by atoms with Crippen molar-refractivity contribution in [3.8, 4) is 0 Å². The molecule has 0 aliphatic heterocycles. The van der Waals surface area contributed by atoms with Crippen molar-refractivity contribution in [2.75, 3.05) is 0 Å². The molecular weight excluding hydrogens is 500 g/mol. The van der Waals surface area contributed by atoms with Crippen LogP contribution in [0.4, 0.5) is 0 Å². The van der Waals surface area contributed by atoms with Crippen LogP contribution in [-0.2, 0) is 24.0 Å². The van der Waals surface area contributed by atoms with Crippen LogP contribution in [0.25, 0.3) is 0 Å². The Morgan fingerprint density at radius 2 is 1.15 bits per heavy atom. The van der Waals surface area contributed by atoms with E-state index in [9.17, 15) is 24.0 Å². The number of carbonyl (C=O) groups excluding carboxylic acids is 4. The number of rotatable bonds is 24. The molecule has 0 rings (SSSR count). The first-order valence-electron chi connectivity index (χ1n) is 14.9. The number of hydrogen-bond acceptors (Lipinski definition) is 5. The lowest BCUT2D eigenvalue weighted by Gasteiger charge is -2.23. The highest BCUT2D eigenvalue weighted by atomic mass is 16.4. The average Bonchev–Trinajstić information content (AvgIpc) is 2.85. The molecule has 39 heavy (non-hydrogen) atoms. The molecule has 0 aliphatic carbocycles. The number of primary amides is 1. The van der Waals surface area contributed by atoms with E-state index < -0.39 is 48.2 Å². The monoisotopic (exact) mass is 554 g/mol. The molecule has 6 N–H and O–H groups in total. The van der Waals surface area contributed by atoms with E-state index in [1.54, 1.807) is 0 Å². The van der Waals surface area contributed by atoms with Crippen molar-refractivity contribution in [2.45, 2.75) is 149 Å². The number of amides is 4. The maximum Gasteiger partial charge on any atom is 0.326 e. The summed E-state index contributed by atoms with van der Waals surface area (Å²) in [7, 11) is 0. The molecule has 3 unspecified atom stereocenters. The highest BCUT2D eigenvalue weighted by Crippen LogP contribution is 2.13. The van der Waals surface area contributed by atoms with Crippen LogP contribution in [0.2, 0.25) is 0 Å². The largest absolute Gasteiger partial charge is 0.480 e. The molecule has 0 saturated carbocycles. The molecule has 0 heterocycles. The van der Waals surface area contributed by atoms with Crippen molar-refractivity contribution in [3.63, 3.8) is 0 Å². The third-order valence-corrected chi connectivity index (χ3v) is 6.64. The van der Waals surface area contributed by atoms with Crippen molar-refractivity contribution >= 4 is 29.6 Å². The Kier molecular flexibility index (Phi) is 20.7. The number of hydrogen-bond donors (Lipinski definition) is 5. The standard InChI is InChI=1S/C29H54N4O6/c1-5-6-7-8-9-10-11-12-13-14-15-16-17-18-26(35)32-23(19-21(2)3)28(37)31-22(4)27(36)33-24(29(38)39)20-25(30)34/h21-24H,5-20H2,1-4H3,(H2,30,34)(H,31,37)(H,32,35)(H,33,36)(H,38,39). The molecular formula is C29H54N4O6.